The molecule has 0 aliphatic carbocycles. The van der Waals surface area contributed by atoms with E-state index >= 15 is 0 Å². The zero-order valence-electron chi connectivity index (χ0n) is 17.3. The van der Waals surface area contributed by atoms with Gasteiger partial charge in [0.25, 0.3) is 5.91 Å². The Balaban J connectivity index is 1.61. The number of nitrogens with one attached hydrogen (secondary N) is 1. The van der Waals surface area contributed by atoms with Crippen LogP contribution in [0.4, 0.5) is 5.00 Å². The maximum atomic E-state index is 12.3. The smallest absolute Gasteiger partial charge is 0.358 e. The molecule has 0 atom stereocenters. The summed E-state index contributed by atoms with van der Waals surface area (Å²) in [5.41, 5.74) is 1.98. The number of carbonyl (C=O) groups is 3. The third-order valence-corrected chi connectivity index (χ3v) is 6.43. The van der Waals surface area contributed by atoms with Crippen LogP contribution in [0.15, 0.2) is 29.6 Å². The number of hydrogen-bond donors (Lipinski definition) is 1. The summed E-state index contributed by atoms with van der Waals surface area (Å²) in [7, 11) is 2.86. The van der Waals surface area contributed by atoms with Crippen LogP contribution in [-0.2, 0) is 14.3 Å². The van der Waals surface area contributed by atoms with Crippen LogP contribution in [0.2, 0.25) is 0 Å². The number of nitrogens with zero attached hydrogens (tertiary/aromatic N) is 1. The third-order valence-electron chi connectivity index (χ3n) is 4.41. The van der Waals surface area contributed by atoms with Gasteiger partial charge in [0.15, 0.2) is 12.3 Å². The van der Waals surface area contributed by atoms with E-state index in [2.05, 4.69) is 10.3 Å². The average Bonchev–Trinajstić information content (AvgIpc) is 3.37. The maximum absolute atomic E-state index is 12.3. The van der Waals surface area contributed by atoms with Gasteiger partial charge < -0.3 is 19.5 Å². The molecule has 1 amide bonds. The molecule has 10 heteroatoms. The average molecular weight is 461 g/mol. The number of amides is 1. The first-order valence-corrected chi connectivity index (χ1v) is 10.8. The van der Waals surface area contributed by atoms with Crippen LogP contribution in [0.25, 0.3) is 10.6 Å². The first-order chi connectivity index (χ1) is 14.8. The molecule has 0 radical (unpaired) electrons. The molecule has 3 rings (SSSR count). The molecule has 162 valence electrons. The van der Waals surface area contributed by atoms with Crippen LogP contribution in [0, 0.1) is 13.8 Å². The second-order valence-electron chi connectivity index (χ2n) is 6.37. The number of hydrogen-bond acceptors (Lipinski definition) is 9. The quantitative estimate of drug-likeness (QED) is 0.530. The van der Waals surface area contributed by atoms with Gasteiger partial charge in [0.1, 0.15) is 15.8 Å². The molecule has 0 saturated carbocycles. The van der Waals surface area contributed by atoms with Crippen molar-refractivity contribution >= 4 is 45.5 Å². The van der Waals surface area contributed by atoms with Crippen LogP contribution in [0.5, 0.6) is 5.75 Å². The molecule has 0 unspecified atom stereocenters. The van der Waals surface area contributed by atoms with E-state index < -0.39 is 24.5 Å². The van der Waals surface area contributed by atoms with Crippen LogP contribution >= 0.6 is 22.7 Å². The molecule has 0 aliphatic rings. The lowest BCUT2D eigenvalue weighted by atomic mass is 10.1. The summed E-state index contributed by atoms with van der Waals surface area (Å²) in [5.74, 6) is -1.09. The van der Waals surface area contributed by atoms with Gasteiger partial charge in [0, 0.05) is 15.8 Å². The van der Waals surface area contributed by atoms with E-state index in [1.807, 2.05) is 19.1 Å². The number of aromatic nitrogens is 1. The van der Waals surface area contributed by atoms with Crippen molar-refractivity contribution in [3.05, 3.63) is 51.3 Å². The maximum Gasteiger partial charge on any atom is 0.358 e. The normalized spacial score (nSPS) is 10.5. The van der Waals surface area contributed by atoms with Crippen LogP contribution in [-0.4, -0.2) is 43.7 Å². The van der Waals surface area contributed by atoms with Crippen molar-refractivity contribution in [2.45, 2.75) is 13.8 Å². The highest BCUT2D eigenvalue weighted by Gasteiger charge is 2.22. The molecule has 1 aromatic carbocycles. The lowest BCUT2D eigenvalue weighted by molar-refractivity contribution is -0.119. The molecule has 3 aromatic rings. The second-order valence-corrected chi connectivity index (χ2v) is 8.45. The number of aryl methyl sites for hydroxylation is 1. The minimum absolute atomic E-state index is 0.113. The number of rotatable bonds is 7. The largest absolute Gasteiger partial charge is 0.497 e. The van der Waals surface area contributed by atoms with Crippen molar-refractivity contribution < 1.29 is 28.6 Å². The van der Waals surface area contributed by atoms with Gasteiger partial charge in [-0.15, -0.1) is 22.7 Å². The Kier molecular flexibility index (Phi) is 7.03. The number of esters is 2. The summed E-state index contributed by atoms with van der Waals surface area (Å²) in [5, 5.41) is 5.18. The van der Waals surface area contributed by atoms with Gasteiger partial charge in [-0.2, -0.15) is 0 Å². The van der Waals surface area contributed by atoms with Gasteiger partial charge in [0.2, 0.25) is 0 Å². The highest BCUT2D eigenvalue weighted by atomic mass is 32.1. The molecule has 31 heavy (non-hydrogen) atoms. The highest BCUT2D eigenvalue weighted by Crippen LogP contribution is 2.33. The van der Waals surface area contributed by atoms with E-state index in [-0.39, 0.29) is 5.69 Å². The van der Waals surface area contributed by atoms with Crippen LogP contribution in [0.1, 0.15) is 31.3 Å². The predicted molar refractivity (Wildman–Crippen MR) is 118 cm³/mol. The Morgan fingerprint density at radius 2 is 1.77 bits per heavy atom. The van der Waals surface area contributed by atoms with Gasteiger partial charge >= 0.3 is 11.9 Å². The third kappa shape index (κ3) is 5.09. The highest BCUT2D eigenvalue weighted by molar-refractivity contribution is 7.16. The van der Waals surface area contributed by atoms with Gasteiger partial charge in [-0.1, -0.05) is 0 Å². The van der Waals surface area contributed by atoms with Crippen molar-refractivity contribution in [1.82, 2.24) is 4.98 Å². The molecule has 2 heterocycles. The second kappa shape index (κ2) is 9.71. The van der Waals surface area contributed by atoms with Crippen molar-refractivity contribution in [1.29, 1.82) is 0 Å². The Hall–Kier alpha value is -3.24. The number of anilines is 1. The van der Waals surface area contributed by atoms with E-state index in [1.165, 1.54) is 29.8 Å². The van der Waals surface area contributed by atoms with E-state index in [0.717, 1.165) is 21.8 Å². The lowest BCUT2D eigenvalue weighted by Crippen LogP contribution is -2.21. The Morgan fingerprint density at radius 3 is 2.42 bits per heavy atom. The number of ether oxygens (including phenoxy) is 3. The molecule has 0 fully saturated rings. The molecule has 0 aliphatic heterocycles. The van der Waals surface area contributed by atoms with Crippen molar-refractivity contribution in [2.24, 2.45) is 0 Å². The zero-order chi connectivity index (χ0) is 22.5. The molecule has 0 saturated heterocycles. The number of carbonyl (C=O) groups excluding carboxylic acids is 3. The summed E-state index contributed by atoms with van der Waals surface area (Å²) in [6.45, 7) is 3.10. The van der Waals surface area contributed by atoms with Gasteiger partial charge in [0.05, 0.1) is 19.8 Å². The van der Waals surface area contributed by atoms with E-state index in [1.54, 1.807) is 31.5 Å². The lowest BCUT2D eigenvalue weighted by Gasteiger charge is -2.06. The molecule has 1 N–H and O–H groups in total. The SMILES string of the molecule is COC(=O)c1c(NC(=O)COC(=O)c2csc(-c3ccc(OC)cc3)n2)sc(C)c1C. The van der Waals surface area contributed by atoms with E-state index in [4.69, 9.17) is 14.2 Å². The molecule has 8 nitrogen and oxygen atoms in total. The van der Waals surface area contributed by atoms with Gasteiger partial charge in [-0.3, -0.25) is 4.79 Å². The Labute approximate surface area is 186 Å². The summed E-state index contributed by atoms with van der Waals surface area (Å²) in [6.07, 6.45) is 0. The fourth-order valence-electron chi connectivity index (χ4n) is 2.66. The Bertz CT molecular complexity index is 1120. The van der Waals surface area contributed by atoms with E-state index in [9.17, 15) is 14.4 Å². The van der Waals surface area contributed by atoms with Crippen molar-refractivity contribution in [2.75, 3.05) is 26.1 Å². The summed E-state index contributed by atoms with van der Waals surface area (Å²) < 4.78 is 15.0. The van der Waals surface area contributed by atoms with Gasteiger partial charge in [-0.25, -0.2) is 14.6 Å². The molecular formula is C21H20N2O6S2. The van der Waals surface area contributed by atoms with Crippen LogP contribution < -0.4 is 10.1 Å². The first kappa shape index (κ1) is 22.4. The standard InChI is InChI=1S/C21H20N2O6S2/c1-11-12(2)31-19(17(11)21(26)28-4)23-16(24)9-29-20(25)15-10-30-18(22-15)13-5-7-14(27-3)8-6-13/h5-8,10H,9H2,1-4H3,(H,23,24). The first-order valence-electron chi connectivity index (χ1n) is 9.09. The van der Waals surface area contributed by atoms with Crippen molar-refractivity contribution in [3.8, 4) is 16.3 Å². The van der Waals surface area contributed by atoms with Crippen LogP contribution in [0.3, 0.4) is 0 Å². The molecular weight excluding hydrogens is 440 g/mol. The number of thiophene rings is 1. The minimum Gasteiger partial charge on any atom is -0.497 e. The fourth-order valence-corrected chi connectivity index (χ4v) is 4.52. The Morgan fingerprint density at radius 1 is 1.06 bits per heavy atom. The van der Waals surface area contributed by atoms with E-state index in [0.29, 0.717) is 15.6 Å². The minimum atomic E-state index is -0.710. The topological polar surface area (TPSA) is 104 Å². The van der Waals surface area contributed by atoms with Gasteiger partial charge in [-0.05, 0) is 43.7 Å². The monoisotopic (exact) mass is 460 g/mol. The number of benzene rings is 1. The summed E-state index contributed by atoms with van der Waals surface area (Å²) in [4.78, 5) is 41.7. The number of thiazole rings is 1. The predicted octanol–water partition coefficient (Wildman–Crippen LogP) is 4.08. The number of methoxy groups -OCH3 is 2. The molecule has 0 bridgehead atoms. The summed E-state index contributed by atoms with van der Waals surface area (Å²) in [6, 6.07) is 7.28. The molecule has 0 spiro atoms. The zero-order valence-corrected chi connectivity index (χ0v) is 18.9. The fraction of sp³-hybridized carbons (Fsp3) is 0.238. The summed E-state index contributed by atoms with van der Waals surface area (Å²) >= 11 is 2.54. The van der Waals surface area contributed by atoms with Crippen molar-refractivity contribution in [3.63, 3.8) is 0 Å². The molecule has 2 aromatic heterocycles.